The zero-order chi connectivity index (χ0) is 14.1. The van der Waals surface area contributed by atoms with Crippen molar-refractivity contribution in [2.75, 3.05) is 0 Å². The molecule has 0 saturated carbocycles. The van der Waals surface area contributed by atoms with Crippen LogP contribution in [0.15, 0.2) is 59.3 Å². The van der Waals surface area contributed by atoms with Gasteiger partial charge in [-0.3, -0.25) is 4.98 Å². The van der Waals surface area contributed by atoms with E-state index in [4.69, 9.17) is 0 Å². The summed E-state index contributed by atoms with van der Waals surface area (Å²) in [5, 5.41) is 12.8. The van der Waals surface area contributed by atoms with E-state index in [-0.39, 0.29) is 0 Å². The number of aliphatic hydroxyl groups excluding tert-OH is 1. The fraction of sp³-hybridized carbons (Fsp3) is 0.118. The number of aromatic nitrogens is 1. The fourth-order valence-electron chi connectivity index (χ4n) is 2.43. The predicted molar refractivity (Wildman–Crippen MR) is 84.7 cm³/mol. The van der Waals surface area contributed by atoms with Gasteiger partial charge < -0.3 is 5.11 Å². The van der Waals surface area contributed by atoms with Gasteiger partial charge in [0, 0.05) is 22.3 Å². The van der Waals surface area contributed by atoms with Crippen LogP contribution in [0.1, 0.15) is 22.8 Å². The second-order valence-corrected chi connectivity index (χ2v) is 5.62. The average molecular weight is 328 g/mol. The lowest BCUT2D eigenvalue weighted by Crippen LogP contribution is -2.02. The summed E-state index contributed by atoms with van der Waals surface area (Å²) < 4.78 is 0.957. The smallest absolute Gasteiger partial charge is 0.106 e. The van der Waals surface area contributed by atoms with Crippen LogP contribution in [0.3, 0.4) is 0 Å². The van der Waals surface area contributed by atoms with Gasteiger partial charge in [0.1, 0.15) is 6.10 Å². The highest BCUT2D eigenvalue weighted by Gasteiger charge is 2.16. The lowest BCUT2D eigenvalue weighted by atomic mass is 9.96. The molecule has 0 aliphatic heterocycles. The summed E-state index contributed by atoms with van der Waals surface area (Å²) in [4.78, 5) is 4.13. The van der Waals surface area contributed by atoms with Crippen LogP contribution in [0, 0.1) is 6.92 Å². The van der Waals surface area contributed by atoms with Crippen molar-refractivity contribution in [2.24, 2.45) is 0 Å². The lowest BCUT2D eigenvalue weighted by molar-refractivity contribution is 0.221. The summed E-state index contributed by atoms with van der Waals surface area (Å²) in [7, 11) is 0. The molecule has 1 atom stereocenters. The van der Waals surface area contributed by atoms with E-state index < -0.39 is 6.10 Å². The van der Waals surface area contributed by atoms with E-state index >= 15 is 0 Å². The van der Waals surface area contributed by atoms with Gasteiger partial charge >= 0.3 is 0 Å². The molecule has 3 rings (SSSR count). The number of hydrogen-bond acceptors (Lipinski definition) is 2. The first-order chi connectivity index (χ1) is 9.68. The summed E-state index contributed by atoms with van der Waals surface area (Å²) in [6.07, 6.45) is 2.91. The number of hydrogen-bond donors (Lipinski definition) is 1. The van der Waals surface area contributed by atoms with E-state index in [1.54, 1.807) is 6.20 Å². The van der Waals surface area contributed by atoms with E-state index in [9.17, 15) is 5.11 Å². The van der Waals surface area contributed by atoms with Gasteiger partial charge in [-0.05, 0) is 35.1 Å². The number of pyridine rings is 1. The van der Waals surface area contributed by atoms with Gasteiger partial charge in [-0.2, -0.15) is 0 Å². The standard InChI is InChI=1S/C17H14BrNO/c1-11-4-2-7-15(16(11)18)17(20)14-6-3-5-12-10-19-9-8-13(12)14/h2-10,17,20H,1H3. The van der Waals surface area contributed by atoms with Gasteiger partial charge in [-0.25, -0.2) is 0 Å². The average Bonchev–Trinajstić information content (AvgIpc) is 2.49. The van der Waals surface area contributed by atoms with Gasteiger partial charge in [0.2, 0.25) is 0 Å². The Hall–Kier alpha value is -1.71. The van der Waals surface area contributed by atoms with E-state index in [2.05, 4.69) is 20.9 Å². The maximum absolute atomic E-state index is 10.7. The van der Waals surface area contributed by atoms with Gasteiger partial charge in [0.05, 0.1) is 0 Å². The minimum absolute atomic E-state index is 0.657. The molecular formula is C17H14BrNO. The third-order valence-electron chi connectivity index (χ3n) is 3.53. The van der Waals surface area contributed by atoms with E-state index in [1.807, 2.05) is 55.6 Å². The molecule has 2 nitrogen and oxygen atoms in total. The van der Waals surface area contributed by atoms with Crippen molar-refractivity contribution in [1.82, 2.24) is 4.98 Å². The Balaban J connectivity index is 2.18. The molecule has 1 unspecified atom stereocenters. The number of halogens is 1. The molecule has 0 aliphatic carbocycles. The van der Waals surface area contributed by atoms with Crippen molar-refractivity contribution in [3.8, 4) is 0 Å². The summed E-state index contributed by atoms with van der Waals surface area (Å²) in [6.45, 7) is 2.02. The SMILES string of the molecule is Cc1cccc(C(O)c2cccc3cnccc23)c1Br. The van der Waals surface area contributed by atoms with Crippen molar-refractivity contribution < 1.29 is 5.11 Å². The first-order valence-electron chi connectivity index (χ1n) is 6.44. The maximum atomic E-state index is 10.7. The molecule has 1 aromatic heterocycles. The lowest BCUT2D eigenvalue weighted by Gasteiger charge is -2.16. The topological polar surface area (TPSA) is 33.1 Å². The van der Waals surface area contributed by atoms with Gasteiger partial charge in [-0.1, -0.05) is 52.3 Å². The van der Waals surface area contributed by atoms with Crippen LogP contribution < -0.4 is 0 Å². The Morgan fingerprint density at radius 3 is 2.65 bits per heavy atom. The minimum Gasteiger partial charge on any atom is -0.384 e. The largest absolute Gasteiger partial charge is 0.384 e. The van der Waals surface area contributed by atoms with Crippen LogP contribution in [-0.4, -0.2) is 10.1 Å². The number of rotatable bonds is 2. The molecule has 20 heavy (non-hydrogen) atoms. The number of fused-ring (bicyclic) bond motifs is 1. The Labute approximate surface area is 126 Å². The van der Waals surface area contributed by atoms with Gasteiger partial charge in [0.25, 0.3) is 0 Å². The van der Waals surface area contributed by atoms with Crippen LogP contribution in [0.25, 0.3) is 10.8 Å². The molecule has 0 bridgehead atoms. The highest BCUT2D eigenvalue weighted by Crippen LogP contribution is 2.33. The van der Waals surface area contributed by atoms with E-state index in [0.717, 1.165) is 31.9 Å². The third-order valence-corrected chi connectivity index (χ3v) is 4.61. The Bertz CT molecular complexity index is 765. The molecule has 0 fully saturated rings. The molecule has 3 aromatic rings. The maximum Gasteiger partial charge on any atom is 0.106 e. The molecule has 1 N–H and O–H groups in total. The Kier molecular flexibility index (Phi) is 3.55. The molecule has 1 heterocycles. The number of benzene rings is 2. The first-order valence-corrected chi connectivity index (χ1v) is 7.23. The van der Waals surface area contributed by atoms with Gasteiger partial charge in [0.15, 0.2) is 0 Å². The monoisotopic (exact) mass is 327 g/mol. The van der Waals surface area contributed by atoms with E-state index in [0.29, 0.717) is 0 Å². The van der Waals surface area contributed by atoms with Crippen LogP contribution in [0.4, 0.5) is 0 Å². The molecule has 0 radical (unpaired) electrons. The van der Waals surface area contributed by atoms with Crippen molar-refractivity contribution in [1.29, 1.82) is 0 Å². The van der Waals surface area contributed by atoms with Crippen molar-refractivity contribution in [3.63, 3.8) is 0 Å². The summed E-state index contributed by atoms with van der Waals surface area (Å²) in [5.74, 6) is 0. The Morgan fingerprint density at radius 2 is 1.80 bits per heavy atom. The number of nitrogens with zero attached hydrogens (tertiary/aromatic N) is 1. The minimum atomic E-state index is -0.657. The first kappa shape index (κ1) is 13.3. The van der Waals surface area contributed by atoms with E-state index in [1.165, 1.54) is 0 Å². The van der Waals surface area contributed by atoms with Crippen LogP contribution >= 0.6 is 15.9 Å². The molecule has 0 amide bonds. The second kappa shape index (κ2) is 5.35. The van der Waals surface area contributed by atoms with Crippen LogP contribution in [0.2, 0.25) is 0 Å². The zero-order valence-corrected chi connectivity index (χ0v) is 12.6. The number of aryl methyl sites for hydroxylation is 1. The molecule has 3 heteroatoms. The van der Waals surface area contributed by atoms with Crippen molar-refractivity contribution in [2.45, 2.75) is 13.0 Å². The van der Waals surface area contributed by atoms with Crippen LogP contribution in [0.5, 0.6) is 0 Å². The second-order valence-electron chi connectivity index (χ2n) is 4.82. The fourth-order valence-corrected chi connectivity index (χ4v) is 2.92. The normalized spacial score (nSPS) is 12.6. The molecule has 0 aliphatic rings. The molecule has 0 saturated heterocycles. The summed E-state index contributed by atoms with van der Waals surface area (Å²) in [6, 6.07) is 13.8. The van der Waals surface area contributed by atoms with Crippen molar-refractivity contribution in [3.05, 3.63) is 76.0 Å². The highest BCUT2D eigenvalue weighted by atomic mass is 79.9. The summed E-state index contributed by atoms with van der Waals surface area (Å²) in [5.41, 5.74) is 2.90. The predicted octanol–water partition coefficient (Wildman–Crippen LogP) is 4.39. The zero-order valence-electron chi connectivity index (χ0n) is 11.0. The molecule has 2 aromatic carbocycles. The summed E-state index contributed by atoms with van der Waals surface area (Å²) >= 11 is 3.57. The molecule has 0 spiro atoms. The van der Waals surface area contributed by atoms with Gasteiger partial charge in [-0.15, -0.1) is 0 Å². The molecular weight excluding hydrogens is 314 g/mol. The van der Waals surface area contributed by atoms with Crippen LogP contribution in [-0.2, 0) is 0 Å². The third kappa shape index (κ3) is 2.23. The molecule has 100 valence electrons. The highest BCUT2D eigenvalue weighted by molar-refractivity contribution is 9.10. The Morgan fingerprint density at radius 1 is 1.05 bits per heavy atom. The van der Waals surface area contributed by atoms with Crippen molar-refractivity contribution >= 4 is 26.7 Å². The number of aliphatic hydroxyl groups is 1. The quantitative estimate of drug-likeness (QED) is 0.757.